The average Bonchev–Trinajstić information content (AvgIpc) is 3.47. The van der Waals surface area contributed by atoms with Gasteiger partial charge in [-0.3, -0.25) is 9.59 Å². The highest BCUT2D eigenvalue weighted by atomic mass is 35.5. The minimum absolute atomic E-state index is 0.0399. The number of ether oxygens (including phenoxy) is 3. The van der Waals surface area contributed by atoms with Crippen molar-refractivity contribution >= 4 is 35.2 Å². The first-order valence-corrected chi connectivity index (χ1v) is 18.6. The quantitative estimate of drug-likeness (QED) is 0.163. The Morgan fingerprint density at radius 2 is 1.56 bits per heavy atom. The van der Waals surface area contributed by atoms with Gasteiger partial charge in [-0.05, 0) is 59.4 Å². The van der Waals surface area contributed by atoms with Crippen LogP contribution in [-0.2, 0) is 42.6 Å². The number of hydrogen-bond acceptors (Lipinski definition) is 9. The number of halogens is 1. The van der Waals surface area contributed by atoms with E-state index in [0.717, 1.165) is 27.2 Å². The summed E-state index contributed by atoms with van der Waals surface area (Å²) in [7, 11) is 0. The molecule has 3 amide bonds. The number of rotatable bonds is 10. The minimum Gasteiger partial charge on any atom is -0.445 e. The fraction of sp³-hybridized carbons (Fsp3) is 0.357. The lowest BCUT2D eigenvalue weighted by atomic mass is 9.84. The van der Waals surface area contributed by atoms with Crippen LogP contribution in [0.5, 0.6) is 0 Å². The first-order valence-electron chi connectivity index (χ1n) is 18.3. The van der Waals surface area contributed by atoms with E-state index in [0.29, 0.717) is 48.7 Å². The van der Waals surface area contributed by atoms with Gasteiger partial charge in [0.1, 0.15) is 12.6 Å². The molecule has 0 radical (unpaired) electrons. The Morgan fingerprint density at radius 1 is 0.889 bits per heavy atom. The number of aliphatic hydroxyl groups is 2. The van der Waals surface area contributed by atoms with E-state index in [2.05, 4.69) is 17.1 Å². The van der Waals surface area contributed by atoms with Crippen molar-refractivity contribution in [2.24, 2.45) is 5.92 Å². The molecule has 5 atom stereocenters. The fourth-order valence-corrected chi connectivity index (χ4v) is 7.57. The Balaban J connectivity index is 1.03. The summed E-state index contributed by atoms with van der Waals surface area (Å²) < 4.78 is 18.5. The lowest BCUT2D eigenvalue weighted by Crippen LogP contribution is -2.49. The first-order chi connectivity index (χ1) is 26.1. The van der Waals surface area contributed by atoms with Gasteiger partial charge in [0.05, 0.1) is 36.5 Å². The van der Waals surface area contributed by atoms with Crippen LogP contribution in [0, 0.1) is 5.92 Å². The summed E-state index contributed by atoms with van der Waals surface area (Å²) in [6, 6.07) is 30.1. The Bertz CT molecular complexity index is 1920. The number of piperidine rings is 1. The van der Waals surface area contributed by atoms with E-state index in [9.17, 15) is 24.6 Å². The molecule has 4 aromatic rings. The highest BCUT2D eigenvalue weighted by Gasteiger charge is 2.43. The average molecular weight is 754 g/mol. The summed E-state index contributed by atoms with van der Waals surface area (Å²) in [4.78, 5) is 42.2. The third-order valence-electron chi connectivity index (χ3n) is 10.7. The molecule has 0 bridgehead atoms. The third kappa shape index (κ3) is 8.37. The first kappa shape index (κ1) is 37.7. The van der Waals surface area contributed by atoms with Crippen LogP contribution in [0.1, 0.15) is 66.4 Å². The number of amides is 3. The van der Waals surface area contributed by atoms with E-state index >= 15 is 0 Å². The summed E-state index contributed by atoms with van der Waals surface area (Å²) in [5.41, 5.74) is 3.58. The van der Waals surface area contributed by atoms with Gasteiger partial charge >= 0.3 is 6.09 Å². The summed E-state index contributed by atoms with van der Waals surface area (Å²) in [5, 5.41) is 24.3. The van der Waals surface area contributed by atoms with Gasteiger partial charge in [0, 0.05) is 36.1 Å². The number of carbonyl (C=O) groups is 3. The lowest BCUT2D eigenvalue weighted by Gasteiger charge is -2.45. The maximum absolute atomic E-state index is 13.3. The number of benzene rings is 4. The molecule has 3 aliphatic heterocycles. The molecule has 3 saturated heterocycles. The molecular formula is C42H44ClN3O8. The SMILES string of the molecule is C[C@@H]1[C@H](CN2CCC(O)(c3ccc(Cl)cc3)CC2)O[C@H](c2ccc(N3C(=O)CC(NC(=O)OCc4ccccc4)C3=O)cc2)O[C@@H]1c1ccc(CO)cc1. The van der Waals surface area contributed by atoms with Gasteiger partial charge in [-0.1, -0.05) is 97.4 Å². The second-order valence-electron chi connectivity index (χ2n) is 14.3. The maximum Gasteiger partial charge on any atom is 0.408 e. The van der Waals surface area contributed by atoms with Crippen LogP contribution < -0.4 is 10.2 Å². The Kier molecular flexibility index (Phi) is 11.4. The highest BCUT2D eigenvalue weighted by molar-refractivity contribution is 6.30. The molecule has 3 N–H and O–H groups in total. The minimum atomic E-state index is -1.04. The summed E-state index contributed by atoms with van der Waals surface area (Å²) in [6.45, 7) is 4.07. The number of alkyl carbamates (subject to hydrolysis) is 1. The van der Waals surface area contributed by atoms with Crippen molar-refractivity contribution in [2.45, 2.75) is 69.5 Å². The molecule has 11 nitrogen and oxygen atoms in total. The van der Waals surface area contributed by atoms with Crippen molar-refractivity contribution in [1.29, 1.82) is 0 Å². The second kappa shape index (κ2) is 16.4. The van der Waals surface area contributed by atoms with Crippen molar-refractivity contribution in [1.82, 2.24) is 10.2 Å². The van der Waals surface area contributed by atoms with E-state index in [1.165, 1.54) is 0 Å². The number of aliphatic hydroxyl groups excluding tert-OH is 1. The number of anilines is 1. The topological polar surface area (TPSA) is 138 Å². The van der Waals surface area contributed by atoms with Crippen LogP contribution in [-0.4, -0.2) is 64.8 Å². The molecule has 0 aromatic heterocycles. The number of likely N-dealkylation sites (tertiary alicyclic amines) is 1. The molecule has 12 heteroatoms. The monoisotopic (exact) mass is 753 g/mol. The molecule has 282 valence electrons. The van der Waals surface area contributed by atoms with Gasteiger partial charge in [-0.25, -0.2) is 9.69 Å². The number of imide groups is 1. The Labute approximate surface area is 319 Å². The van der Waals surface area contributed by atoms with Crippen LogP contribution in [0.4, 0.5) is 10.5 Å². The highest BCUT2D eigenvalue weighted by Crippen LogP contribution is 2.43. The van der Waals surface area contributed by atoms with E-state index < -0.39 is 35.8 Å². The van der Waals surface area contributed by atoms with Crippen molar-refractivity contribution in [3.8, 4) is 0 Å². The largest absolute Gasteiger partial charge is 0.445 e. The number of hydrogen-bond donors (Lipinski definition) is 3. The van der Waals surface area contributed by atoms with Crippen molar-refractivity contribution in [3.63, 3.8) is 0 Å². The van der Waals surface area contributed by atoms with Crippen LogP contribution in [0.3, 0.4) is 0 Å². The molecule has 0 spiro atoms. The summed E-state index contributed by atoms with van der Waals surface area (Å²) in [5.74, 6) is -1.02. The Hall–Kier alpha value is -4.62. The number of nitrogens with one attached hydrogen (secondary N) is 1. The molecule has 4 aromatic carbocycles. The van der Waals surface area contributed by atoms with Crippen molar-refractivity contribution < 1.29 is 38.8 Å². The van der Waals surface area contributed by atoms with Crippen LogP contribution >= 0.6 is 11.6 Å². The zero-order chi connectivity index (χ0) is 37.8. The zero-order valence-electron chi connectivity index (χ0n) is 30.0. The Morgan fingerprint density at radius 3 is 2.22 bits per heavy atom. The van der Waals surface area contributed by atoms with Gasteiger partial charge in [0.25, 0.3) is 5.91 Å². The van der Waals surface area contributed by atoms with E-state index in [1.54, 1.807) is 36.4 Å². The van der Waals surface area contributed by atoms with Gasteiger partial charge < -0.3 is 34.6 Å². The predicted octanol–water partition coefficient (Wildman–Crippen LogP) is 6.17. The summed E-state index contributed by atoms with van der Waals surface area (Å²) in [6.07, 6.45) is -1.13. The number of carbonyl (C=O) groups excluding carboxylic acids is 3. The van der Waals surface area contributed by atoms with E-state index in [1.807, 2.05) is 66.7 Å². The smallest absolute Gasteiger partial charge is 0.408 e. The van der Waals surface area contributed by atoms with Crippen LogP contribution in [0.2, 0.25) is 5.02 Å². The third-order valence-corrected chi connectivity index (χ3v) is 11.0. The zero-order valence-corrected chi connectivity index (χ0v) is 30.7. The standard InChI is InChI=1S/C42H44ClN3O8/c1-27-36(24-45-21-19-42(51,20-22-45)32-13-15-33(43)16-14-32)53-40(54-38(27)30-9-7-28(25-47)8-10-30)31-11-17-34(18-12-31)46-37(48)23-35(39(46)49)44-41(50)52-26-29-5-3-2-4-6-29/h2-18,27,35-36,38,40,47,51H,19-26H2,1H3,(H,44,50)/t27-,35?,36+,38+,40+/m1/s1. The van der Waals surface area contributed by atoms with E-state index in [-0.39, 0.29) is 37.8 Å². The predicted molar refractivity (Wildman–Crippen MR) is 201 cm³/mol. The number of nitrogens with zero attached hydrogens (tertiary/aromatic N) is 2. The molecule has 1 unspecified atom stereocenters. The molecular weight excluding hydrogens is 710 g/mol. The van der Waals surface area contributed by atoms with Gasteiger partial charge in [-0.15, -0.1) is 0 Å². The molecule has 3 aliphatic rings. The van der Waals surface area contributed by atoms with Gasteiger partial charge in [-0.2, -0.15) is 0 Å². The fourth-order valence-electron chi connectivity index (χ4n) is 7.44. The van der Waals surface area contributed by atoms with Crippen molar-refractivity contribution in [2.75, 3.05) is 24.5 Å². The summed E-state index contributed by atoms with van der Waals surface area (Å²) >= 11 is 6.09. The lowest BCUT2D eigenvalue weighted by molar-refractivity contribution is -0.277. The molecule has 54 heavy (non-hydrogen) atoms. The normalized spacial score (nSPS) is 24.4. The molecule has 3 heterocycles. The molecule has 7 rings (SSSR count). The second-order valence-corrected chi connectivity index (χ2v) is 14.7. The molecule has 0 aliphatic carbocycles. The molecule has 3 fully saturated rings. The van der Waals surface area contributed by atoms with Crippen LogP contribution in [0.15, 0.2) is 103 Å². The van der Waals surface area contributed by atoms with Crippen molar-refractivity contribution in [3.05, 3.63) is 136 Å². The molecule has 0 saturated carbocycles. The maximum atomic E-state index is 13.3. The van der Waals surface area contributed by atoms with Gasteiger partial charge in [0.2, 0.25) is 5.91 Å². The van der Waals surface area contributed by atoms with Crippen LogP contribution in [0.25, 0.3) is 0 Å². The van der Waals surface area contributed by atoms with E-state index in [4.69, 9.17) is 25.8 Å². The van der Waals surface area contributed by atoms with Gasteiger partial charge in [0.15, 0.2) is 6.29 Å².